The Hall–Kier alpha value is -2.11. The first-order valence-corrected chi connectivity index (χ1v) is 6.16. The van der Waals surface area contributed by atoms with Gasteiger partial charge < -0.3 is 15.0 Å². The number of rotatable bonds is 6. The lowest BCUT2D eigenvalue weighted by atomic mass is 10.2. The van der Waals surface area contributed by atoms with Crippen molar-refractivity contribution < 1.29 is 14.7 Å². The predicted molar refractivity (Wildman–Crippen MR) is 70.3 cm³/mol. The Morgan fingerprint density at radius 3 is 2.68 bits per heavy atom. The lowest BCUT2D eigenvalue weighted by molar-refractivity contribution is -0.121. The van der Waals surface area contributed by atoms with Gasteiger partial charge in [-0.25, -0.2) is 4.79 Å². The Bertz CT molecular complexity index is 534. The number of hydrogen-bond acceptors (Lipinski definition) is 3. The summed E-state index contributed by atoms with van der Waals surface area (Å²) in [6.45, 7) is 4.65. The number of aryl methyl sites for hydroxylation is 2. The Morgan fingerprint density at radius 2 is 2.11 bits per heavy atom. The number of carboxylic acids is 1. The standard InChI is InChI=1S/C13H18N2O4/c1-3-5-14-12(17)4-6-15-8-10(13(18)19)11(16)7-9(15)2/h7-8H,3-6H2,1-2H3,(H,14,17)(H,18,19). The van der Waals surface area contributed by atoms with Crippen molar-refractivity contribution in [1.82, 2.24) is 9.88 Å². The smallest absolute Gasteiger partial charge is 0.341 e. The monoisotopic (exact) mass is 266 g/mol. The molecule has 6 nitrogen and oxygen atoms in total. The third-order valence-electron chi connectivity index (χ3n) is 2.73. The molecule has 0 fully saturated rings. The second kappa shape index (κ2) is 6.72. The van der Waals surface area contributed by atoms with E-state index < -0.39 is 11.4 Å². The molecule has 0 atom stereocenters. The van der Waals surface area contributed by atoms with E-state index in [1.807, 2.05) is 6.92 Å². The molecule has 0 spiro atoms. The molecule has 1 rings (SSSR count). The molecule has 0 aliphatic rings. The molecule has 2 N–H and O–H groups in total. The molecule has 0 aromatic carbocycles. The summed E-state index contributed by atoms with van der Waals surface area (Å²) in [5.41, 5.74) is -0.158. The van der Waals surface area contributed by atoms with Gasteiger partial charge in [-0.3, -0.25) is 9.59 Å². The summed E-state index contributed by atoms with van der Waals surface area (Å²) >= 11 is 0. The molecule has 1 heterocycles. The second-order valence-electron chi connectivity index (χ2n) is 4.29. The fourth-order valence-corrected chi connectivity index (χ4v) is 1.65. The highest BCUT2D eigenvalue weighted by molar-refractivity contribution is 5.87. The quantitative estimate of drug-likeness (QED) is 0.796. The van der Waals surface area contributed by atoms with Crippen molar-refractivity contribution in [3.8, 4) is 0 Å². The van der Waals surface area contributed by atoms with Gasteiger partial charge in [-0.2, -0.15) is 0 Å². The molecule has 0 radical (unpaired) electrons. The van der Waals surface area contributed by atoms with Crippen LogP contribution in [0.5, 0.6) is 0 Å². The number of carboxylic acid groups (broad SMARTS) is 1. The molecule has 0 bridgehead atoms. The zero-order valence-electron chi connectivity index (χ0n) is 11.1. The van der Waals surface area contributed by atoms with Crippen LogP contribution in [-0.2, 0) is 11.3 Å². The first kappa shape index (κ1) is 14.9. The van der Waals surface area contributed by atoms with Crippen molar-refractivity contribution in [3.05, 3.63) is 33.7 Å². The van der Waals surface area contributed by atoms with Crippen LogP contribution in [0.4, 0.5) is 0 Å². The number of pyridine rings is 1. The number of aromatic carboxylic acids is 1. The van der Waals surface area contributed by atoms with Crippen LogP contribution in [0.25, 0.3) is 0 Å². The summed E-state index contributed by atoms with van der Waals surface area (Å²) in [5.74, 6) is -1.34. The van der Waals surface area contributed by atoms with Gasteiger partial charge in [-0.15, -0.1) is 0 Å². The number of nitrogens with zero attached hydrogens (tertiary/aromatic N) is 1. The van der Waals surface area contributed by atoms with E-state index in [2.05, 4.69) is 5.32 Å². The van der Waals surface area contributed by atoms with Crippen LogP contribution < -0.4 is 10.7 Å². The third-order valence-corrected chi connectivity index (χ3v) is 2.73. The molecule has 104 valence electrons. The van der Waals surface area contributed by atoms with Crippen LogP contribution in [0, 0.1) is 6.92 Å². The third kappa shape index (κ3) is 4.24. The van der Waals surface area contributed by atoms with E-state index in [1.54, 1.807) is 11.5 Å². The number of aromatic nitrogens is 1. The topological polar surface area (TPSA) is 88.4 Å². The molecule has 1 aromatic rings. The first-order chi connectivity index (χ1) is 8.95. The minimum atomic E-state index is -1.26. The molecule has 1 amide bonds. The minimum Gasteiger partial charge on any atom is -0.477 e. The van der Waals surface area contributed by atoms with E-state index >= 15 is 0 Å². The summed E-state index contributed by atoms with van der Waals surface area (Å²) in [6, 6.07) is 1.27. The van der Waals surface area contributed by atoms with E-state index in [0.29, 0.717) is 18.8 Å². The van der Waals surface area contributed by atoms with Crippen molar-refractivity contribution in [2.24, 2.45) is 0 Å². The van der Waals surface area contributed by atoms with Gasteiger partial charge in [-0.05, 0) is 13.3 Å². The largest absolute Gasteiger partial charge is 0.477 e. The van der Waals surface area contributed by atoms with Crippen LogP contribution in [0.3, 0.4) is 0 Å². The summed E-state index contributed by atoms with van der Waals surface area (Å²) in [5, 5.41) is 11.6. The first-order valence-electron chi connectivity index (χ1n) is 6.16. The van der Waals surface area contributed by atoms with Gasteiger partial charge in [0.15, 0.2) is 5.43 Å². The number of carbonyl (C=O) groups is 2. The van der Waals surface area contributed by atoms with Crippen LogP contribution in [0.15, 0.2) is 17.1 Å². The highest BCUT2D eigenvalue weighted by atomic mass is 16.4. The minimum absolute atomic E-state index is 0.0863. The van der Waals surface area contributed by atoms with Gasteiger partial charge in [0, 0.05) is 37.5 Å². The fourth-order valence-electron chi connectivity index (χ4n) is 1.65. The number of hydrogen-bond donors (Lipinski definition) is 2. The van der Waals surface area contributed by atoms with Crippen LogP contribution in [0.1, 0.15) is 35.8 Å². The lowest BCUT2D eigenvalue weighted by Gasteiger charge is -2.11. The van der Waals surface area contributed by atoms with Gasteiger partial charge in [0.05, 0.1) is 0 Å². The van der Waals surface area contributed by atoms with Crippen molar-refractivity contribution >= 4 is 11.9 Å². The number of nitrogens with one attached hydrogen (secondary N) is 1. The van der Waals surface area contributed by atoms with Crippen molar-refractivity contribution in [3.63, 3.8) is 0 Å². The van der Waals surface area contributed by atoms with Gasteiger partial charge >= 0.3 is 5.97 Å². The molecule has 0 saturated carbocycles. The van der Waals surface area contributed by atoms with Crippen LogP contribution in [0.2, 0.25) is 0 Å². The molecule has 19 heavy (non-hydrogen) atoms. The lowest BCUT2D eigenvalue weighted by Crippen LogP contribution is -2.26. The van der Waals surface area contributed by atoms with E-state index in [9.17, 15) is 14.4 Å². The molecular weight excluding hydrogens is 248 g/mol. The average Bonchev–Trinajstić information content (AvgIpc) is 2.34. The summed E-state index contributed by atoms with van der Waals surface area (Å²) in [4.78, 5) is 33.8. The van der Waals surface area contributed by atoms with Crippen molar-refractivity contribution in [1.29, 1.82) is 0 Å². The zero-order valence-corrected chi connectivity index (χ0v) is 11.1. The van der Waals surface area contributed by atoms with Gasteiger partial charge in [-0.1, -0.05) is 6.92 Å². The van der Waals surface area contributed by atoms with Crippen LogP contribution >= 0.6 is 0 Å². The van der Waals surface area contributed by atoms with E-state index in [4.69, 9.17) is 5.11 Å². The fraction of sp³-hybridized carbons (Fsp3) is 0.462. The normalized spacial score (nSPS) is 10.2. The molecular formula is C13H18N2O4. The molecule has 1 aromatic heterocycles. The molecule has 0 saturated heterocycles. The van der Waals surface area contributed by atoms with E-state index in [1.165, 1.54) is 12.3 Å². The molecule has 0 aliphatic heterocycles. The van der Waals surface area contributed by atoms with E-state index in [-0.39, 0.29) is 17.9 Å². The Labute approximate surface area is 111 Å². The van der Waals surface area contributed by atoms with Crippen molar-refractivity contribution in [2.45, 2.75) is 33.2 Å². The molecule has 6 heteroatoms. The second-order valence-corrected chi connectivity index (χ2v) is 4.29. The number of carbonyl (C=O) groups excluding carboxylic acids is 1. The Balaban J connectivity index is 2.78. The van der Waals surface area contributed by atoms with E-state index in [0.717, 1.165) is 6.42 Å². The maximum absolute atomic E-state index is 11.5. The number of amides is 1. The maximum Gasteiger partial charge on any atom is 0.341 e. The predicted octanol–water partition coefficient (Wildman–Crippen LogP) is 0.771. The zero-order chi connectivity index (χ0) is 14.4. The summed E-state index contributed by atoms with van der Waals surface area (Å²) < 4.78 is 1.61. The van der Waals surface area contributed by atoms with Gasteiger partial charge in [0.1, 0.15) is 5.56 Å². The summed E-state index contributed by atoms with van der Waals surface area (Å²) in [7, 11) is 0. The highest BCUT2D eigenvalue weighted by Gasteiger charge is 2.11. The average molecular weight is 266 g/mol. The van der Waals surface area contributed by atoms with Gasteiger partial charge in [0.25, 0.3) is 0 Å². The van der Waals surface area contributed by atoms with Gasteiger partial charge in [0.2, 0.25) is 5.91 Å². The SMILES string of the molecule is CCCNC(=O)CCn1cc(C(=O)O)c(=O)cc1C. The molecule has 0 aliphatic carbocycles. The highest BCUT2D eigenvalue weighted by Crippen LogP contribution is 2.01. The summed E-state index contributed by atoms with van der Waals surface area (Å²) in [6.07, 6.45) is 2.40. The van der Waals surface area contributed by atoms with Crippen molar-refractivity contribution in [2.75, 3.05) is 6.54 Å². The Morgan fingerprint density at radius 1 is 1.42 bits per heavy atom. The van der Waals surface area contributed by atoms with Crippen LogP contribution in [-0.4, -0.2) is 28.1 Å². The maximum atomic E-state index is 11.5. The molecule has 0 unspecified atom stereocenters. The Kier molecular flexibility index (Phi) is 5.29.